The quantitative estimate of drug-likeness (QED) is 0.560. The van der Waals surface area contributed by atoms with Gasteiger partial charge in [0.2, 0.25) is 5.91 Å². The van der Waals surface area contributed by atoms with Crippen LogP contribution in [0.15, 0.2) is 47.5 Å². The topological polar surface area (TPSA) is 72.9 Å². The van der Waals surface area contributed by atoms with Gasteiger partial charge >= 0.3 is 6.05 Å². The minimum Gasteiger partial charge on any atom is -0.326 e. The Morgan fingerprint density at radius 3 is 2.79 bits per heavy atom. The fourth-order valence-corrected chi connectivity index (χ4v) is 3.73. The van der Waals surface area contributed by atoms with Crippen molar-refractivity contribution in [3.05, 3.63) is 53.2 Å². The largest absolute Gasteiger partial charge is 0.346 e. The van der Waals surface area contributed by atoms with Crippen LogP contribution in [0.1, 0.15) is 18.4 Å². The van der Waals surface area contributed by atoms with Gasteiger partial charge < -0.3 is 5.32 Å². The second-order valence-electron chi connectivity index (χ2n) is 6.78. The number of carbonyl (C=O) groups is 1. The number of rotatable bonds is 6. The molecule has 1 amide bonds. The van der Waals surface area contributed by atoms with E-state index in [-0.39, 0.29) is 12.3 Å². The highest BCUT2D eigenvalue weighted by atomic mass is 35.5. The molecule has 1 aromatic heterocycles. The Balaban J connectivity index is 1.61. The summed E-state index contributed by atoms with van der Waals surface area (Å²) in [4.78, 5) is 12.9. The minimum atomic E-state index is -3.02. The zero-order valence-corrected chi connectivity index (χ0v) is 16.2. The summed E-state index contributed by atoms with van der Waals surface area (Å²) in [6.07, 6.45) is 2.39. The van der Waals surface area contributed by atoms with E-state index in [9.17, 15) is 13.6 Å². The van der Waals surface area contributed by atoms with Crippen LogP contribution in [-0.4, -0.2) is 15.7 Å². The minimum absolute atomic E-state index is 0.0942. The van der Waals surface area contributed by atoms with Gasteiger partial charge in [0, 0.05) is 33.1 Å². The van der Waals surface area contributed by atoms with Gasteiger partial charge in [0.05, 0.1) is 11.9 Å². The number of amides is 1. The molecular formula is C19H17ClF2N4OS. The van der Waals surface area contributed by atoms with E-state index < -0.39 is 12.0 Å². The highest BCUT2D eigenvalue weighted by Gasteiger charge is 2.49. The molecule has 2 aromatic carbocycles. The summed E-state index contributed by atoms with van der Waals surface area (Å²) in [5.74, 6) is -0.950. The van der Waals surface area contributed by atoms with E-state index in [0.717, 1.165) is 11.9 Å². The average Bonchev–Trinajstić information content (AvgIpc) is 3.43. The lowest BCUT2D eigenvalue weighted by molar-refractivity contribution is -0.115. The fraction of sp³-hybridized carbons (Fsp3) is 0.263. The number of fused-ring (bicyclic) bond motifs is 1. The number of nitrogens with one attached hydrogen (secondary N) is 1. The van der Waals surface area contributed by atoms with Crippen LogP contribution in [0.25, 0.3) is 10.9 Å². The van der Waals surface area contributed by atoms with Gasteiger partial charge in [0.25, 0.3) is 0 Å². The summed E-state index contributed by atoms with van der Waals surface area (Å²) in [7, 11) is 0. The summed E-state index contributed by atoms with van der Waals surface area (Å²) in [6.45, 7) is 0. The van der Waals surface area contributed by atoms with Gasteiger partial charge in [0.1, 0.15) is 0 Å². The van der Waals surface area contributed by atoms with Crippen LogP contribution in [0.4, 0.5) is 14.5 Å². The van der Waals surface area contributed by atoms with Crippen molar-refractivity contribution in [2.45, 2.75) is 30.2 Å². The van der Waals surface area contributed by atoms with Crippen molar-refractivity contribution in [3.63, 3.8) is 0 Å². The Hall–Kier alpha value is -2.16. The highest BCUT2D eigenvalue weighted by Crippen LogP contribution is 2.46. The van der Waals surface area contributed by atoms with Gasteiger partial charge in [-0.15, -0.1) is 0 Å². The second-order valence-corrected chi connectivity index (χ2v) is 7.86. The molecule has 28 heavy (non-hydrogen) atoms. The predicted octanol–water partition coefficient (Wildman–Crippen LogP) is 4.80. The SMILES string of the molecule is NSc1cc(NC(=O)Cc2ccccc2Cl)cc2nn(C(F)(F)C3CC3)cc12. The molecule has 0 aliphatic heterocycles. The number of benzene rings is 2. The fourth-order valence-electron chi connectivity index (χ4n) is 3.05. The van der Waals surface area contributed by atoms with Crippen LogP contribution in [0.3, 0.4) is 0 Å². The number of nitrogens with two attached hydrogens (primary N) is 1. The lowest BCUT2D eigenvalue weighted by Crippen LogP contribution is -2.25. The molecule has 1 aliphatic rings. The molecule has 0 spiro atoms. The molecule has 1 saturated carbocycles. The standard InChI is InChI=1S/C19H17ClF2N4OS/c20-15-4-2-1-3-11(15)7-18(27)24-13-8-16-14(17(9-13)28-23)10-26(25-16)19(21,22)12-5-6-12/h1-4,8-10,12H,5-7,23H2,(H,24,27). The highest BCUT2D eigenvalue weighted by molar-refractivity contribution is 7.97. The zero-order chi connectivity index (χ0) is 19.9. The summed E-state index contributed by atoms with van der Waals surface area (Å²) >= 11 is 7.01. The van der Waals surface area contributed by atoms with Crippen molar-refractivity contribution in [2.24, 2.45) is 11.1 Å². The number of anilines is 1. The maximum atomic E-state index is 14.4. The first kappa shape index (κ1) is 19.2. The first-order chi connectivity index (χ1) is 13.4. The summed E-state index contributed by atoms with van der Waals surface area (Å²) in [5, 5.41) is 13.6. The van der Waals surface area contributed by atoms with E-state index in [1.54, 1.807) is 36.4 Å². The van der Waals surface area contributed by atoms with Gasteiger partial charge in [-0.3, -0.25) is 9.93 Å². The van der Waals surface area contributed by atoms with Crippen molar-refractivity contribution in [1.82, 2.24) is 9.78 Å². The lowest BCUT2D eigenvalue weighted by atomic mass is 10.1. The number of halogens is 3. The smallest absolute Gasteiger partial charge is 0.326 e. The molecule has 0 atom stereocenters. The third kappa shape index (κ3) is 3.72. The Labute approximate surface area is 169 Å². The summed E-state index contributed by atoms with van der Waals surface area (Å²) in [6, 6.07) is 7.27. The van der Waals surface area contributed by atoms with Gasteiger partial charge in [-0.2, -0.15) is 13.9 Å². The monoisotopic (exact) mass is 422 g/mol. The number of hydrogen-bond donors (Lipinski definition) is 2. The molecule has 9 heteroatoms. The van der Waals surface area contributed by atoms with Crippen LogP contribution in [0, 0.1) is 5.92 Å². The molecule has 1 aliphatic carbocycles. The molecule has 0 bridgehead atoms. The first-order valence-corrected chi connectivity index (χ1v) is 9.96. The number of aromatic nitrogens is 2. The van der Waals surface area contributed by atoms with Crippen molar-refractivity contribution in [3.8, 4) is 0 Å². The molecule has 0 unspecified atom stereocenters. The molecule has 1 fully saturated rings. The van der Waals surface area contributed by atoms with Crippen LogP contribution >= 0.6 is 23.5 Å². The lowest BCUT2D eigenvalue weighted by Gasteiger charge is -2.15. The van der Waals surface area contributed by atoms with Gasteiger partial charge in [-0.05, 0) is 48.6 Å². The first-order valence-electron chi connectivity index (χ1n) is 8.70. The molecule has 0 saturated heterocycles. The molecule has 3 N–H and O–H groups in total. The molecule has 146 valence electrons. The molecule has 4 rings (SSSR count). The van der Waals surface area contributed by atoms with Gasteiger partial charge in [-0.1, -0.05) is 29.8 Å². The molecule has 5 nitrogen and oxygen atoms in total. The van der Waals surface area contributed by atoms with Crippen LogP contribution in [-0.2, 0) is 17.3 Å². The predicted molar refractivity (Wildman–Crippen MR) is 106 cm³/mol. The Morgan fingerprint density at radius 2 is 2.11 bits per heavy atom. The Bertz CT molecular complexity index is 1050. The van der Waals surface area contributed by atoms with Crippen molar-refractivity contribution in [2.75, 3.05) is 5.32 Å². The number of alkyl halides is 2. The zero-order valence-electron chi connectivity index (χ0n) is 14.7. The number of carbonyl (C=O) groups excluding carboxylic acids is 1. The molecular weight excluding hydrogens is 406 g/mol. The van der Waals surface area contributed by atoms with Crippen LogP contribution in [0.2, 0.25) is 5.02 Å². The molecule has 3 aromatic rings. The maximum Gasteiger partial charge on any atom is 0.346 e. The third-order valence-electron chi connectivity index (χ3n) is 4.68. The van der Waals surface area contributed by atoms with E-state index in [1.165, 1.54) is 6.20 Å². The average molecular weight is 423 g/mol. The van der Waals surface area contributed by atoms with E-state index in [1.807, 2.05) is 0 Å². The van der Waals surface area contributed by atoms with Crippen molar-refractivity contribution >= 4 is 46.0 Å². The maximum absolute atomic E-state index is 14.4. The van der Waals surface area contributed by atoms with Crippen LogP contribution < -0.4 is 10.5 Å². The Morgan fingerprint density at radius 1 is 1.36 bits per heavy atom. The van der Waals surface area contributed by atoms with Crippen molar-refractivity contribution < 1.29 is 13.6 Å². The number of hydrogen-bond acceptors (Lipinski definition) is 4. The summed E-state index contributed by atoms with van der Waals surface area (Å²) < 4.78 is 29.5. The van der Waals surface area contributed by atoms with E-state index in [4.69, 9.17) is 16.7 Å². The summed E-state index contributed by atoms with van der Waals surface area (Å²) in [5.41, 5.74) is 1.49. The third-order valence-corrected chi connectivity index (χ3v) is 5.64. The van der Waals surface area contributed by atoms with Crippen LogP contribution in [0.5, 0.6) is 0 Å². The molecule has 1 heterocycles. The van der Waals surface area contributed by atoms with Crippen molar-refractivity contribution in [1.29, 1.82) is 0 Å². The van der Waals surface area contributed by atoms with E-state index in [2.05, 4.69) is 10.4 Å². The van der Waals surface area contributed by atoms with Gasteiger partial charge in [0.15, 0.2) is 0 Å². The molecule has 0 radical (unpaired) electrons. The second kappa shape index (κ2) is 7.35. The van der Waals surface area contributed by atoms with Gasteiger partial charge in [-0.25, -0.2) is 4.68 Å². The van der Waals surface area contributed by atoms with E-state index in [0.29, 0.717) is 49.6 Å². The van der Waals surface area contributed by atoms with E-state index >= 15 is 0 Å². The Kier molecular flexibility index (Phi) is 5.03. The normalized spacial score (nSPS) is 14.4. The number of nitrogens with zero attached hydrogens (tertiary/aromatic N) is 2.